The molecule has 0 bridgehead atoms. The Morgan fingerprint density at radius 2 is 2.05 bits per heavy atom. The molecule has 0 saturated carbocycles. The van der Waals surface area contributed by atoms with Crippen molar-refractivity contribution in [3.05, 3.63) is 52.5 Å². The van der Waals surface area contributed by atoms with Crippen molar-refractivity contribution in [2.24, 2.45) is 0 Å². The van der Waals surface area contributed by atoms with Crippen molar-refractivity contribution in [2.75, 3.05) is 5.32 Å². The zero-order valence-electron chi connectivity index (χ0n) is 10.1. The monoisotopic (exact) mass is 288 g/mol. The van der Waals surface area contributed by atoms with Gasteiger partial charge in [0.25, 0.3) is 5.91 Å². The first-order valence-electron chi connectivity index (χ1n) is 5.75. The molecule has 2 aromatic heterocycles. The first-order valence-corrected chi connectivity index (χ1v) is 6.63. The lowest BCUT2D eigenvalue weighted by Crippen LogP contribution is -2.11. The van der Waals surface area contributed by atoms with E-state index in [0.29, 0.717) is 16.3 Å². The Hall–Kier alpha value is -2.54. The first-order chi connectivity index (χ1) is 9.72. The van der Waals surface area contributed by atoms with E-state index in [1.807, 2.05) is 5.38 Å². The Labute approximate surface area is 117 Å². The van der Waals surface area contributed by atoms with Crippen LogP contribution in [-0.2, 0) is 0 Å². The third-order valence-electron chi connectivity index (χ3n) is 2.57. The summed E-state index contributed by atoms with van der Waals surface area (Å²) in [6.07, 6.45) is 0. The maximum absolute atomic E-state index is 12.8. The lowest BCUT2D eigenvalue weighted by atomic mass is 10.2. The zero-order chi connectivity index (χ0) is 13.9. The number of carbonyl (C=O) groups excluding carboxylic acids is 1. The highest BCUT2D eigenvalue weighted by molar-refractivity contribution is 7.12. The van der Waals surface area contributed by atoms with Crippen LogP contribution in [0, 0.1) is 5.82 Å². The number of benzene rings is 1. The van der Waals surface area contributed by atoms with Gasteiger partial charge in [-0.3, -0.25) is 15.2 Å². The first kappa shape index (κ1) is 12.5. The Bertz CT molecular complexity index is 721. The number of aromatic amines is 1. The molecule has 0 radical (unpaired) electrons. The summed E-state index contributed by atoms with van der Waals surface area (Å²) < 4.78 is 12.8. The predicted molar refractivity (Wildman–Crippen MR) is 74.0 cm³/mol. The van der Waals surface area contributed by atoms with Gasteiger partial charge in [-0.25, -0.2) is 4.39 Å². The summed E-state index contributed by atoms with van der Waals surface area (Å²) in [5.41, 5.74) is 0.690. The van der Waals surface area contributed by atoms with Crippen molar-refractivity contribution in [3.8, 4) is 11.4 Å². The van der Waals surface area contributed by atoms with Crippen LogP contribution in [0.2, 0.25) is 0 Å². The Morgan fingerprint density at radius 3 is 2.75 bits per heavy atom. The summed E-state index contributed by atoms with van der Waals surface area (Å²) in [6, 6.07) is 9.35. The topological polar surface area (TPSA) is 70.7 Å². The highest BCUT2D eigenvalue weighted by Crippen LogP contribution is 2.17. The number of hydrogen-bond acceptors (Lipinski definition) is 4. The van der Waals surface area contributed by atoms with Crippen LogP contribution in [0.5, 0.6) is 0 Å². The van der Waals surface area contributed by atoms with Crippen LogP contribution in [0.15, 0.2) is 41.8 Å². The van der Waals surface area contributed by atoms with Gasteiger partial charge in [0.2, 0.25) is 5.95 Å². The van der Waals surface area contributed by atoms with Gasteiger partial charge in [-0.05, 0) is 35.7 Å². The number of nitrogens with one attached hydrogen (secondary N) is 2. The summed E-state index contributed by atoms with van der Waals surface area (Å²) in [7, 11) is 0. The molecule has 0 spiro atoms. The van der Waals surface area contributed by atoms with Crippen LogP contribution >= 0.6 is 11.3 Å². The number of nitrogens with zero attached hydrogens (tertiary/aromatic N) is 2. The maximum atomic E-state index is 12.8. The van der Waals surface area contributed by atoms with Gasteiger partial charge in [0.1, 0.15) is 5.82 Å². The molecule has 20 heavy (non-hydrogen) atoms. The summed E-state index contributed by atoms with van der Waals surface area (Å²) in [4.78, 5) is 16.5. The number of aromatic nitrogens is 3. The molecular formula is C13H9FN4OS. The van der Waals surface area contributed by atoms with Crippen molar-refractivity contribution >= 4 is 23.2 Å². The lowest BCUT2D eigenvalue weighted by Gasteiger charge is -1.96. The molecule has 2 N–H and O–H groups in total. The van der Waals surface area contributed by atoms with Gasteiger partial charge >= 0.3 is 0 Å². The number of halogens is 1. The summed E-state index contributed by atoms with van der Waals surface area (Å²) >= 11 is 1.34. The smallest absolute Gasteiger partial charge is 0.268 e. The van der Waals surface area contributed by atoms with Gasteiger partial charge in [-0.15, -0.1) is 16.4 Å². The van der Waals surface area contributed by atoms with Gasteiger partial charge in [-0.2, -0.15) is 4.98 Å². The summed E-state index contributed by atoms with van der Waals surface area (Å²) in [5.74, 6) is 0.0679. The molecule has 0 fully saturated rings. The third kappa shape index (κ3) is 2.57. The fourth-order valence-electron chi connectivity index (χ4n) is 1.63. The normalized spacial score (nSPS) is 10.4. The van der Waals surface area contributed by atoms with Gasteiger partial charge < -0.3 is 0 Å². The van der Waals surface area contributed by atoms with E-state index in [0.717, 1.165) is 0 Å². The number of rotatable bonds is 3. The molecule has 1 aromatic carbocycles. The van der Waals surface area contributed by atoms with Gasteiger partial charge in [0.05, 0.1) is 4.88 Å². The lowest BCUT2D eigenvalue weighted by molar-refractivity contribution is 0.102. The minimum atomic E-state index is -0.320. The van der Waals surface area contributed by atoms with E-state index >= 15 is 0 Å². The quantitative estimate of drug-likeness (QED) is 0.778. The van der Waals surface area contributed by atoms with E-state index in [2.05, 4.69) is 20.5 Å². The van der Waals surface area contributed by atoms with Crippen LogP contribution in [-0.4, -0.2) is 21.1 Å². The molecule has 1 amide bonds. The van der Waals surface area contributed by atoms with E-state index < -0.39 is 0 Å². The second-order valence-corrected chi connectivity index (χ2v) is 4.89. The van der Waals surface area contributed by atoms with Crippen molar-refractivity contribution < 1.29 is 9.18 Å². The molecular weight excluding hydrogens is 279 g/mol. The van der Waals surface area contributed by atoms with E-state index in [-0.39, 0.29) is 17.7 Å². The minimum absolute atomic E-state index is 0.183. The second-order valence-electron chi connectivity index (χ2n) is 3.95. The summed E-state index contributed by atoms with van der Waals surface area (Å²) in [6.45, 7) is 0. The number of hydrogen-bond donors (Lipinski definition) is 2. The second kappa shape index (κ2) is 5.22. The highest BCUT2D eigenvalue weighted by atomic mass is 32.1. The van der Waals surface area contributed by atoms with Gasteiger partial charge in [-0.1, -0.05) is 6.07 Å². The highest BCUT2D eigenvalue weighted by Gasteiger charge is 2.11. The van der Waals surface area contributed by atoms with Crippen molar-refractivity contribution in [2.45, 2.75) is 0 Å². The molecule has 0 unspecified atom stereocenters. The number of H-pyrrole nitrogens is 1. The minimum Gasteiger partial charge on any atom is -0.288 e. The SMILES string of the molecule is O=C(Nc1n[nH]c(-c2ccc(F)cc2)n1)c1cccs1. The van der Waals surface area contributed by atoms with Crippen molar-refractivity contribution in [1.29, 1.82) is 0 Å². The third-order valence-corrected chi connectivity index (χ3v) is 3.44. The van der Waals surface area contributed by atoms with Crippen molar-refractivity contribution in [1.82, 2.24) is 15.2 Å². The van der Waals surface area contributed by atoms with E-state index in [4.69, 9.17) is 0 Å². The van der Waals surface area contributed by atoms with Gasteiger partial charge in [0.15, 0.2) is 5.82 Å². The maximum Gasteiger partial charge on any atom is 0.268 e. The number of thiophene rings is 1. The molecule has 7 heteroatoms. The molecule has 0 aliphatic carbocycles. The van der Waals surface area contributed by atoms with Crippen molar-refractivity contribution in [3.63, 3.8) is 0 Å². The standard InChI is InChI=1S/C13H9FN4OS/c14-9-5-3-8(4-6-9)11-15-13(18-17-11)16-12(19)10-2-1-7-20-10/h1-7H,(H2,15,16,17,18,19). The molecule has 0 aliphatic heterocycles. The largest absolute Gasteiger partial charge is 0.288 e. The molecule has 3 rings (SSSR count). The van der Waals surface area contributed by atoms with E-state index in [9.17, 15) is 9.18 Å². The molecule has 5 nitrogen and oxygen atoms in total. The Kier molecular flexibility index (Phi) is 3.26. The molecule has 0 saturated heterocycles. The van der Waals surface area contributed by atoms with Crippen LogP contribution in [0.25, 0.3) is 11.4 Å². The van der Waals surface area contributed by atoms with Gasteiger partial charge in [0, 0.05) is 5.56 Å². The van der Waals surface area contributed by atoms with Crippen LogP contribution in [0.4, 0.5) is 10.3 Å². The summed E-state index contributed by atoms with van der Waals surface area (Å²) in [5, 5.41) is 11.0. The van der Waals surface area contributed by atoms with Crippen LogP contribution < -0.4 is 5.32 Å². The van der Waals surface area contributed by atoms with E-state index in [1.165, 1.54) is 23.5 Å². The molecule has 2 heterocycles. The molecule has 100 valence electrons. The average Bonchev–Trinajstić information content (AvgIpc) is 3.10. The predicted octanol–water partition coefficient (Wildman–Crippen LogP) is 2.92. The molecule has 0 aliphatic rings. The zero-order valence-corrected chi connectivity index (χ0v) is 10.9. The molecule has 0 atom stereocenters. The average molecular weight is 288 g/mol. The fourth-order valence-corrected chi connectivity index (χ4v) is 2.24. The Morgan fingerprint density at radius 1 is 1.25 bits per heavy atom. The number of anilines is 1. The Balaban J connectivity index is 1.77. The van der Waals surface area contributed by atoms with E-state index in [1.54, 1.807) is 24.3 Å². The van der Waals surface area contributed by atoms with Crippen LogP contribution in [0.3, 0.4) is 0 Å². The van der Waals surface area contributed by atoms with Crippen LogP contribution in [0.1, 0.15) is 9.67 Å². The number of amides is 1. The fraction of sp³-hybridized carbons (Fsp3) is 0. The number of carbonyl (C=O) groups is 1. The molecule has 3 aromatic rings.